The molecule has 0 unspecified atom stereocenters. The van der Waals surface area contributed by atoms with Crippen molar-refractivity contribution in [2.45, 2.75) is 13.8 Å². The molecule has 0 aromatic heterocycles. The van der Waals surface area contributed by atoms with Gasteiger partial charge in [0.1, 0.15) is 0 Å². The van der Waals surface area contributed by atoms with Gasteiger partial charge in [-0.2, -0.15) is 0 Å². The Morgan fingerprint density at radius 1 is 1.33 bits per heavy atom. The molecule has 0 saturated carbocycles. The summed E-state index contributed by atoms with van der Waals surface area (Å²) in [5, 5.41) is 0. The van der Waals surface area contributed by atoms with Gasteiger partial charge in [0.25, 0.3) is 0 Å². The van der Waals surface area contributed by atoms with Gasteiger partial charge >= 0.3 is 18.9 Å². The van der Waals surface area contributed by atoms with Gasteiger partial charge in [0.15, 0.2) is 0 Å². The van der Waals surface area contributed by atoms with Gasteiger partial charge in [-0.1, -0.05) is 13.8 Å². The Bertz CT molecular complexity index is 63.8. The summed E-state index contributed by atoms with van der Waals surface area (Å²) in [4.78, 5) is 2.15. The molecule has 1 radical (unpaired) electrons. The molecule has 0 atom stereocenters. The molecule has 51 valence electrons. The van der Waals surface area contributed by atoms with Gasteiger partial charge in [-0.05, 0) is 26.4 Å². The van der Waals surface area contributed by atoms with Gasteiger partial charge in [0, 0.05) is 6.54 Å². The standard InChI is InChI=1S/C7H16N.Li.H/c1-7(2,3)6-8(4)5;;/h1,6H2,2-5H3;;. The predicted octanol–water partition coefficient (Wildman–Crippen LogP) is 0.760. The molecule has 0 aromatic carbocycles. The molecule has 1 nitrogen and oxygen atoms in total. The van der Waals surface area contributed by atoms with Gasteiger partial charge in [-0.25, -0.2) is 0 Å². The molecule has 0 aliphatic carbocycles. The Morgan fingerprint density at radius 2 is 1.67 bits per heavy atom. The van der Waals surface area contributed by atoms with Crippen molar-refractivity contribution in [3.8, 4) is 0 Å². The van der Waals surface area contributed by atoms with E-state index in [2.05, 4.69) is 39.8 Å². The molecular formula is C7H17LiN. The van der Waals surface area contributed by atoms with Crippen LogP contribution in [0.1, 0.15) is 13.8 Å². The molecule has 0 aliphatic heterocycles. The van der Waals surface area contributed by atoms with Crippen molar-refractivity contribution in [1.29, 1.82) is 0 Å². The molecule has 0 rings (SSSR count). The first kappa shape index (κ1) is 12.3. The van der Waals surface area contributed by atoms with Crippen LogP contribution in [0.2, 0.25) is 0 Å². The van der Waals surface area contributed by atoms with Crippen molar-refractivity contribution < 1.29 is 0 Å². The molecule has 0 saturated heterocycles. The van der Waals surface area contributed by atoms with Crippen molar-refractivity contribution in [3.63, 3.8) is 0 Å². The van der Waals surface area contributed by atoms with Crippen LogP contribution in [0.5, 0.6) is 0 Å². The SMILES string of the molecule is [CH2]C(C)(C)CN(C)C.[LiH]. The average Bonchev–Trinajstić information content (AvgIpc) is 1.21. The second-order valence-corrected chi connectivity index (χ2v) is 3.40. The van der Waals surface area contributed by atoms with Crippen LogP contribution in [0.25, 0.3) is 0 Å². The van der Waals surface area contributed by atoms with E-state index in [-0.39, 0.29) is 24.3 Å². The molecule has 0 spiro atoms. The second kappa shape index (κ2) is 4.39. The van der Waals surface area contributed by atoms with E-state index < -0.39 is 0 Å². The maximum absolute atomic E-state index is 3.97. The van der Waals surface area contributed by atoms with E-state index >= 15 is 0 Å². The Morgan fingerprint density at radius 3 is 1.67 bits per heavy atom. The molecule has 0 bridgehead atoms. The summed E-state index contributed by atoms with van der Waals surface area (Å²) < 4.78 is 0. The molecule has 0 fully saturated rings. The van der Waals surface area contributed by atoms with Crippen LogP contribution in [0.4, 0.5) is 0 Å². The van der Waals surface area contributed by atoms with Crippen LogP contribution in [0.15, 0.2) is 0 Å². The van der Waals surface area contributed by atoms with E-state index in [0.29, 0.717) is 0 Å². The average molecular weight is 122 g/mol. The number of rotatable bonds is 2. The van der Waals surface area contributed by atoms with Crippen molar-refractivity contribution >= 4 is 18.9 Å². The molecule has 0 aromatic rings. The molecule has 9 heavy (non-hydrogen) atoms. The zero-order valence-electron chi connectivity index (χ0n) is 6.36. The molecule has 0 amide bonds. The summed E-state index contributed by atoms with van der Waals surface area (Å²) in [5.74, 6) is 0. The fourth-order valence-electron chi connectivity index (χ4n) is 0.856. The van der Waals surface area contributed by atoms with Crippen LogP contribution in [-0.2, 0) is 0 Å². The number of hydrogen-bond donors (Lipinski definition) is 0. The summed E-state index contributed by atoms with van der Waals surface area (Å²) in [6, 6.07) is 0. The van der Waals surface area contributed by atoms with E-state index in [1.807, 2.05) is 0 Å². The molecule has 0 heterocycles. The Hall–Kier alpha value is 0.557. The fourth-order valence-corrected chi connectivity index (χ4v) is 0.856. The minimum atomic E-state index is 0. The molecular weight excluding hydrogens is 105 g/mol. The van der Waals surface area contributed by atoms with Crippen LogP contribution in [-0.4, -0.2) is 44.4 Å². The summed E-state index contributed by atoms with van der Waals surface area (Å²) in [6.45, 7) is 9.28. The quantitative estimate of drug-likeness (QED) is 0.489. The summed E-state index contributed by atoms with van der Waals surface area (Å²) in [6.07, 6.45) is 0. The summed E-state index contributed by atoms with van der Waals surface area (Å²) in [7, 11) is 4.12. The van der Waals surface area contributed by atoms with Crippen molar-refractivity contribution in [1.82, 2.24) is 4.90 Å². The zero-order valence-corrected chi connectivity index (χ0v) is 6.36. The third-order valence-electron chi connectivity index (χ3n) is 0.744. The van der Waals surface area contributed by atoms with Crippen molar-refractivity contribution in [2.24, 2.45) is 5.41 Å². The van der Waals surface area contributed by atoms with E-state index in [9.17, 15) is 0 Å². The number of hydrogen-bond acceptors (Lipinski definition) is 1. The van der Waals surface area contributed by atoms with Gasteiger partial charge < -0.3 is 4.90 Å². The predicted molar refractivity (Wildman–Crippen MR) is 44.8 cm³/mol. The Kier molecular flexibility index (Phi) is 5.97. The zero-order chi connectivity index (χ0) is 6.78. The normalized spacial score (nSPS) is 11.3. The Labute approximate surface area is 71.0 Å². The molecule has 0 N–H and O–H groups in total. The first-order valence-electron chi connectivity index (χ1n) is 2.92. The summed E-state index contributed by atoms with van der Waals surface area (Å²) in [5.41, 5.74) is 0.198. The van der Waals surface area contributed by atoms with E-state index in [1.165, 1.54) is 0 Å². The van der Waals surface area contributed by atoms with Crippen LogP contribution >= 0.6 is 0 Å². The van der Waals surface area contributed by atoms with E-state index in [0.717, 1.165) is 6.54 Å². The van der Waals surface area contributed by atoms with Crippen molar-refractivity contribution in [3.05, 3.63) is 6.92 Å². The summed E-state index contributed by atoms with van der Waals surface area (Å²) >= 11 is 0. The van der Waals surface area contributed by atoms with E-state index in [1.54, 1.807) is 0 Å². The second-order valence-electron chi connectivity index (χ2n) is 3.40. The van der Waals surface area contributed by atoms with Crippen LogP contribution in [0.3, 0.4) is 0 Å². The van der Waals surface area contributed by atoms with Gasteiger partial charge in [-0.3, -0.25) is 0 Å². The fraction of sp³-hybridized carbons (Fsp3) is 0.857. The number of nitrogens with zero attached hydrogens (tertiary/aromatic N) is 1. The molecule has 0 aliphatic rings. The molecule has 2 heteroatoms. The maximum atomic E-state index is 3.97. The van der Waals surface area contributed by atoms with E-state index in [4.69, 9.17) is 0 Å². The van der Waals surface area contributed by atoms with Crippen LogP contribution in [0, 0.1) is 12.3 Å². The van der Waals surface area contributed by atoms with Crippen molar-refractivity contribution in [2.75, 3.05) is 20.6 Å². The first-order valence-corrected chi connectivity index (χ1v) is 2.92. The topological polar surface area (TPSA) is 3.24 Å². The van der Waals surface area contributed by atoms with Gasteiger partial charge in [0.2, 0.25) is 0 Å². The first-order chi connectivity index (χ1) is 3.42. The van der Waals surface area contributed by atoms with Gasteiger partial charge in [-0.15, -0.1) is 0 Å². The van der Waals surface area contributed by atoms with Gasteiger partial charge in [0.05, 0.1) is 0 Å². The minimum absolute atomic E-state index is 0. The monoisotopic (exact) mass is 122 g/mol. The third kappa shape index (κ3) is 11.9. The van der Waals surface area contributed by atoms with Crippen LogP contribution < -0.4 is 0 Å². The Balaban J connectivity index is 0. The third-order valence-corrected chi connectivity index (χ3v) is 0.744.